The average Bonchev–Trinajstić information content (AvgIpc) is 2.84. The van der Waals surface area contributed by atoms with Gasteiger partial charge in [0.1, 0.15) is 11.9 Å². The molecule has 0 saturated carbocycles. The fraction of sp³-hybridized carbons (Fsp3) is 0.500. The Kier molecular flexibility index (Phi) is 4.93. The van der Waals surface area contributed by atoms with Crippen LogP contribution in [0, 0.1) is 0 Å². The van der Waals surface area contributed by atoms with Gasteiger partial charge in [-0.2, -0.15) is 11.8 Å². The fourth-order valence-corrected chi connectivity index (χ4v) is 3.13. The molecule has 0 aromatic heterocycles. The number of aryl methyl sites for hydroxylation is 1. The molecule has 0 amide bonds. The predicted molar refractivity (Wildman–Crippen MR) is 73.4 cm³/mol. The Balaban J connectivity index is 1.93. The standard InChI is InChI=1S/C14H18O3S/c15-14(16)7-3-5-11-4-1-2-6-13(11)17-12-8-9-18-10-12/h1-2,4,6,12H,3,5,7-10H2,(H,15,16). The molecule has 1 fully saturated rings. The molecule has 0 radical (unpaired) electrons. The third-order valence-electron chi connectivity index (χ3n) is 2.99. The molecule has 2 rings (SSSR count). The fourth-order valence-electron chi connectivity index (χ4n) is 2.04. The summed E-state index contributed by atoms with van der Waals surface area (Å²) in [6.45, 7) is 0. The number of carbonyl (C=O) groups is 1. The number of aliphatic carboxylic acids is 1. The molecule has 1 aromatic carbocycles. The van der Waals surface area contributed by atoms with Gasteiger partial charge in [0.05, 0.1) is 0 Å². The van der Waals surface area contributed by atoms with E-state index in [1.165, 1.54) is 5.75 Å². The highest BCUT2D eigenvalue weighted by atomic mass is 32.2. The number of para-hydroxylation sites is 1. The Morgan fingerprint density at radius 2 is 2.28 bits per heavy atom. The Morgan fingerprint density at radius 3 is 3.00 bits per heavy atom. The van der Waals surface area contributed by atoms with Crippen molar-refractivity contribution < 1.29 is 14.6 Å². The van der Waals surface area contributed by atoms with Crippen LogP contribution >= 0.6 is 11.8 Å². The highest BCUT2D eigenvalue weighted by Gasteiger charge is 2.18. The van der Waals surface area contributed by atoms with Gasteiger partial charge in [-0.1, -0.05) is 18.2 Å². The smallest absolute Gasteiger partial charge is 0.303 e. The van der Waals surface area contributed by atoms with Crippen LogP contribution in [-0.2, 0) is 11.2 Å². The monoisotopic (exact) mass is 266 g/mol. The van der Waals surface area contributed by atoms with E-state index in [1.54, 1.807) is 0 Å². The summed E-state index contributed by atoms with van der Waals surface area (Å²) in [6, 6.07) is 7.96. The number of carboxylic acid groups (broad SMARTS) is 1. The van der Waals surface area contributed by atoms with Crippen LogP contribution in [0.1, 0.15) is 24.8 Å². The van der Waals surface area contributed by atoms with E-state index < -0.39 is 5.97 Å². The first-order valence-corrected chi connectivity index (χ1v) is 7.45. The molecule has 3 nitrogen and oxygen atoms in total. The summed E-state index contributed by atoms with van der Waals surface area (Å²) in [6.07, 6.45) is 3.06. The normalized spacial score (nSPS) is 18.8. The highest BCUT2D eigenvalue weighted by Crippen LogP contribution is 2.26. The predicted octanol–water partition coefficient (Wildman–Crippen LogP) is 2.98. The summed E-state index contributed by atoms with van der Waals surface area (Å²) in [5.41, 5.74) is 1.12. The minimum Gasteiger partial charge on any atom is -0.489 e. The summed E-state index contributed by atoms with van der Waals surface area (Å²) in [5, 5.41) is 8.66. The van der Waals surface area contributed by atoms with Gasteiger partial charge in [-0.05, 0) is 36.6 Å². The largest absolute Gasteiger partial charge is 0.489 e. The van der Waals surface area contributed by atoms with E-state index in [4.69, 9.17) is 9.84 Å². The molecule has 4 heteroatoms. The first kappa shape index (κ1) is 13.3. The molecule has 1 heterocycles. The van der Waals surface area contributed by atoms with Gasteiger partial charge in [0, 0.05) is 12.2 Å². The summed E-state index contributed by atoms with van der Waals surface area (Å²) in [5.74, 6) is 2.42. The van der Waals surface area contributed by atoms with Crippen LogP contribution in [0.15, 0.2) is 24.3 Å². The SMILES string of the molecule is O=C(O)CCCc1ccccc1OC1CCSC1. The second-order valence-electron chi connectivity index (χ2n) is 4.46. The average molecular weight is 266 g/mol. The molecule has 1 saturated heterocycles. The lowest BCUT2D eigenvalue weighted by molar-refractivity contribution is -0.137. The highest BCUT2D eigenvalue weighted by molar-refractivity contribution is 7.99. The van der Waals surface area contributed by atoms with Crippen LogP contribution in [0.25, 0.3) is 0 Å². The minimum atomic E-state index is -0.736. The first-order valence-electron chi connectivity index (χ1n) is 6.30. The number of rotatable bonds is 6. The Hall–Kier alpha value is -1.16. The molecule has 18 heavy (non-hydrogen) atoms. The maximum Gasteiger partial charge on any atom is 0.303 e. The maximum absolute atomic E-state index is 10.5. The van der Waals surface area contributed by atoms with Crippen molar-refractivity contribution in [2.24, 2.45) is 0 Å². The molecular weight excluding hydrogens is 248 g/mol. The van der Waals surface area contributed by atoms with Gasteiger partial charge in [0.25, 0.3) is 0 Å². The van der Waals surface area contributed by atoms with Gasteiger partial charge >= 0.3 is 5.97 Å². The van der Waals surface area contributed by atoms with Crippen LogP contribution in [0.4, 0.5) is 0 Å². The van der Waals surface area contributed by atoms with E-state index in [-0.39, 0.29) is 6.42 Å². The third-order valence-corrected chi connectivity index (χ3v) is 4.12. The molecule has 1 N–H and O–H groups in total. The minimum absolute atomic E-state index is 0.216. The zero-order chi connectivity index (χ0) is 12.8. The maximum atomic E-state index is 10.5. The van der Waals surface area contributed by atoms with E-state index in [9.17, 15) is 4.79 Å². The van der Waals surface area contributed by atoms with Gasteiger partial charge in [-0.3, -0.25) is 4.79 Å². The van der Waals surface area contributed by atoms with Crippen molar-refractivity contribution in [2.75, 3.05) is 11.5 Å². The van der Waals surface area contributed by atoms with E-state index in [2.05, 4.69) is 0 Å². The van der Waals surface area contributed by atoms with Crippen molar-refractivity contribution in [1.82, 2.24) is 0 Å². The van der Waals surface area contributed by atoms with E-state index in [0.29, 0.717) is 12.5 Å². The topological polar surface area (TPSA) is 46.5 Å². The summed E-state index contributed by atoms with van der Waals surface area (Å²) < 4.78 is 6.00. The Morgan fingerprint density at radius 1 is 1.44 bits per heavy atom. The zero-order valence-corrected chi connectivity index (χ0v) is 11.1. The molecule has 1 aliphatic rings. The number of thioether (sulfide) groups is 1. The first-order chi connectivity index (χ1) is 8.75. The molecule has 0 spiro atoms. The Labute approximate surface area is 112 Å². The lowest BCUT2D eigenvalue weighted by Gasteiger charge is -2.15. The Bertz CT molecular complexity index is 400. The quantitative estimate of drug-likeness (QED) is 0.860. The molecule has 1 unspecified atom stereocenters. The summed E-state index contributed by atoms with van der Waals surface area (Å²) in [7, 11) is 0. The molecular formula is C14H18O3S. The van der Waals surface area contributed by atoms with Crippen molar-refractivity contribution in [1.29, 1.82) is 0 Å². The van der Waals surface area contributed by atoms with Gasteiger partial charge in [-0.15, -0.1) is 0 Å². The molecule has 1 aliphatic heterocycles. The van der Waals surface area contributed by atoms with Crippen LogP contribution in [0.5, 0.6) is 5.75 Å². The second-order valence-corrected chi connectivity index (χ2v) is 5.61. The van der Waals surface area contributed by atoms with Crippen LogP contribution < -0.4 is 4.74 Å². The van der Waals surface area contributed by atoms with E-state index >= 15 is 0 Å². The number of benzene rings is 1. The van der Waals surface area contributed by atoms with Crippen molar-refractivity contribution in [2.45, 2.75) is 31.8 Å². The van der Waals surface area contributed by atoms with Crippen molar-refractivity contribution in [3.05, 3.63) is 29.8 Å². The number of carboxylic acids is 1. The second kappa shape index (κ2) is 6.69. The lowest BCUT2D eigenvalue weighted by Crippen LogP contribution is -2.15. The van der Waals surface area contributed by atoms with Gasteiger partial charge in [-0.25, -0.2) is 0 Å². The van der Waals surface area contributed by atoms with Crippen molar-refractivity contribution in [3.8, 4) is 5.75 Å². The van der Waals surface area contributed by atoms with Crippen LogP contribution in [0.3, 0.4) is 0 Å². The number of ether oxygens (including phenoxy) is 1. The van der Waals surface area contributed by atoms with Crippen molar-refractivity contribution >= 4 is 17.7 Å². The zero-order valence-electron chi connectivity index (χ0n) is 10.3. The molecule has 0 bridgehead atoms. The third kappa shape index (κ3) is 3.95. The van der Waals surface area contributed by atoms with Crippen molar-refractivity contribution in [3.63, 3.8) is 0 Å². The van der Waals surface area contributed by atoms with Crippen LogP contribution in [-0.4, -0.2) is 28.7 Å². The number of hydrogen-bond acceptors (Lipinski definition) is 3. The molecule has 1 aromatic rings. The van der Waals surface area contributed by atoms with E-state index in [0.717, 1.165) is 29.9 Å². The van der Waals surface area contributed by atoms with Gasteiger partial charge in [0.15, 0.2) is 0 Å². The summed E-state index contributed by atoms with van der Waals surface area (Å²) in [4.78, 5) is 10.5. The molecule has 0 aliphatic carbocycles. The molecule has 98 valence electrons. The van der Waals surface area contributed by atoms with Gasteiger partial charge in [0.2, 0.25) is 0 Å². The van der Waals surface area contributed by atoms with Crippen LogP contribution in [0.2, 0.25) is 0 Å². The van der Waals surface area contributed by atoms with E-state index in [1.807, 2.05) is 36.0 Å². The molecule has 1 atom stereocenters. The van der Waals surface area contributed by atoms with Gasteiger partial charge < -0.3 is 9.84 Å². The summed E-state index contributed by atoms with van der Waals surface area (Å²) >= 11 is 1.93. The lowest BCUT2D eigenvalue weighted by atomic mass is 10.1. The number of hydrogen-bond donors (Lipinski definition) is 1.